The number of hydrogen-bond donors (Lipinski definition) is 1. The van der Waals surface area contributed by atoms with Crippen LogP contribution in [-0.2, 0) is 6.54 Å². The predicted molar refractivity (Wildman–Crippen MR) is 46.3 cm³/mol. The van der Waals surface area contributed by atoms with Crippen LogP contribution in [0.5, 0.6) is 0 Å². The predicted octanol–water partition coefficient (Wildman–Crippen LogP) is 1.14. The number of aryl methyl sites for hydroxylation is 1. The van der Waals surface area contributed by atoms with Gasteiger partial charge in [0.25, 0.3) is 0 Å². The van der Waals surface area contributed by atoms with Crippen LogP contribution < -0.4 is 5.73 Å². The lowest BCUT2D eigenvalue weighted by atomic mass is 10.3. The average Bonchev–Trinajstić information content (AvgIpc) is 2.43. The zero-order valence-corrected chi connectivity index (χ0v) is 7.12. The second-order valence-corrected chi connectivity index (χ2v) is 2.63. The average molecular weight is 164 g/mol. The summed E-state index contributed by atoms with van der Waals surface area (Å²) in [7, 11) is 0. The van der Waals surface area contributed by atoms with Crippen LogP contribution in [0.3, 0.4) is 0 Å². The van der Waals surface area contributed by atoms with Crippen molar-refractivity contribution in [2.24, 2.45) is 0 Å². The number of nitrogen functional groups attached to an aromatic ring is 1. The molecule has 1 aromatic rings. The van der Waals surface area contributed by atoms with Crippen molar-refractivity contribution in [3.05, 3.63) is 11.8 Å². The highest BCUT2D eigenvalue weighted by atomic mass is 15.3. The van der Waals surface area contributed by atoms with Crippen LogP contribution in [0.1, 0.15) is 25.3 Å². The Morgan fingerprint density at radius 1 is 1.75 bits per heavy atom. The summed E-state index contributed by atoms with van der Waals surface area (Å²) in [6.07, 6.45) is 3.64. The third kappa shape index (κ3) is 1.56. The number of nitriles is 1. The van der Waals surface area contributed by atoms with Gasteiger partial charge in [0, 0.05) is 6.54 Å². The first kappa shape index (κ1) is 8.60. The van der Waals surface area contributed by atoms with Crippen LogP contribution >= 0.6 is 0 Å². The monoisotopic (exact) mass is 164 g/mol. The lowest BCUT2D eigenvalue weighted by molar-refractivity contribution is 0.579. The van der Waals surface area contributed by atoms with Crippen molar-refractivity contribution < 1.29 is 0 Å². The highest BCUT2D eigenvalue weighted by Gasteiger charge is 2.04. The Kier molecular flexibility index (Phi) is 2.70. The zero-order chi connectivity index (χ0) is 8.97. The summed E-state index contributed by atoms with van der Waals surface area (Å²) in [5.41, 5.74) is 6.10. The largest absolute Gasteiger partial charge is 0.383 e. The molecule has 0 aliphatic heterocycles. The molecular formula is C8H12N4. The minimum absolute atomic E-state index is 0.464. The van der Waals surface area contributed by atoms with Gasteiger partial charge < -0.3 is 5.73 Å². The maximum absolute atomic E-state index is 8.57. The van der Waals surface area contributed by atoms with Gasteiger partial charge in [-0.3, -0.25) is 0 Å². The van der Waals surface area contributed by atoms with E-state index in [4.69, 9.17) is 11.0 Å². The molecule has 0 radical (unpaired) electrons. The minimum Gasteiger partial charge on any atom is -0.383 e. The molecule has 0 aliphatic rings. The van der Waals surface area contributed by atoms with E-state index in [2.05, 4.69) is 12.0 Å². The Morgan fingerprint density at radius 2 is 2.50 bits per heavy atom. The van der Waals surface area contributed by atoms with E-state index < -0.39 is 0 Å². The fourth-order valence-electron chi connectivity index (χ4n) is 0.967. The van der Waals surface area contributed by atoms with Crippen LogP contribution in [0.2, 0.25) is 0 Å². The van der Waals surface area contributed by atoms with E-state index >= 15 is 0 Å². The summed E-state index contributed by atoms with van der Waals surface area (Å²) < 4.78 is 1.67. The Hall–Kier alpha value is -1.50. The molecule has 0 bridgehead atoms. The van der Waals surface area contributed by atoms with E-state index in [1.165, 1.54) is 6.20 Å². The van der Waals surface area contributed by atoms with Crippen LogP contribution in [0.15, 0.2) is 6.20 Å². The number of nitrogens with two attached hydrogens (primary N) is 1. The molecule has 1 aromatic heterocycles. The molecular weight excluding hydrogens is 152 g/mol. The normalized spacial score (nSPS) is 9.67. The molecule has 1 rings (SSSR count). The van der Waals surface area contributed by atoms with Crippen molar-refractivity contribution in [3.8, 4) is 6.07 Å². The number of hydrogen-bond acceptors (Lipinski definition) is 3. The zero-order valence-electron chi connectivity index (χ0n) is 7.12. The summed E-state index contributed by atoms with van der Waals surface area (Å²) in [4.78, 5) is 0. The Morgan fingerprint density at radius 3 is 3.00 bits per heavy atom. The van der Waals surface area contributed by atoms with Crippen molar-refractivity contribution in [1.82, 2.24) is 9.78 Å². The van der Waals surface area contributed by atoms with Gasteiger partial charge in [0.2, 0.25) is 0 Å². The van der Waals surface area contributed by atoms with Gasteiger partial charge in [0.1, 0.15) is 17.5 Å². The van der Waals surface area contributed by atoms with E-state index in [0.717, 1.165) is 19.4 Å². The molecule has 0 aromatic carbocycles. The van der Waals surface area contributed by atoms with Crippen molar-refractivity contribution >= 4 is 5.82 Å². The molecule has 12 heavy (non-hydrogen) atoms. The topological polar surface area (TPSA) is 67.6 Å². The molecule has 1 heterocycles. The van der Waals surface area contributed by atoms with Crippen LogP contribution in [0.25, 0.3) is 0 Å². The second kappa shape index (κ2) is 3.77. The molecule has 2 N–H and O–H groups in total. The second-order valence-electron chi connectivity index (χ2n) is 2.63. The maximum atomic E-state index is 8.57. The maximum Gasteiger partial charge on any atom is 0.139 e. The van der Waals surface area contributed by atoms with Gasteiger partial charge >= 0.3 is 0 Å². The van der Waals surface area contributed by atoms with Crippen molar-refractivity contribution in [1.29, 1.82) is 5.26 Å². The van der Waals surface area contributed by atoms with E-state index in [1.54, 1.807) is 4.68 Å². The Bertz CT molecular complexity index is 294. The van der Waals surface area contributed by atoms with Crippen LogP contribution in [0, 0.1) is 11.3 Å². The number of anilines is 1. The molecule has 0 amide bonds. The first-order valence-corrected chi connectivity index (χ1v) is 4.01. The summed E-state index contributed by atoms with van der Waals surface area (Å²) in [5.74, 6) is 0.478. The van der Waals surface area contributed by atoms with Gasteiger partial charge in [-0.1, -0.05) is 13.3 Å². The molecule has 4 heteroatoms. The number of aromatic nitrogens is 2. The Balaban J connectivity index is 2.75. The smallest absolute Gasteiger partial charge is 0.139 e. The van der Waals surface area contributed by atoms with Crippen LogP contribution in [-0.4, -0.2) is 9.78 Å². The fourth-order valence-corrected chi connectivity index (χ4v) is 0.967. The van der Waals surface area contributed by atoms with Gasteiger partial charge in [-0.15, -0.1) is 0 Å². The lowest BCUT2D eigenvalue weighted by Gasteiger charge is -2.00. The molecule has 0 fully saturated rings. The van der Waals surface area contributed by atoms with Crippen molar-refractivity contribution in [2.75, 3.05) is 5.73 Å². The van der Waals surface area contributed by atoms with Gasteiger partial charge in [0.05, 0.1) is 6.20 Å². The molecule has 0 aliphatic carbocycles. The molecule has 0 atom stereocenters. The highest BCUT2D eigenvalue weighted by molar-refractivity contribution is 5.47. The minimum atomic E-state index is 0.464. The van der Waals surface area contributed by atoms with Gasteiger partial charge in [-0.2, -0.15) is 10.4 Å². The number of unbranched alkanes of at least 4 members (excludes halogenated alkanes) is 1. The quantitative estimate of drug-likeness (QED) is 0.728. The molecule has 0 unspecified atom stereocenters. The van der Waals surface area contributed by atoms with Gasteiger partial charge in [-0.25, -0.2) is 4.68 Å². The summed E-state index contributed by atoms with van der Waals surface area (Å²) >= 11 is 0. The summed E-state index contributed by atoms with van der Waals surface area (Å²) in [6.45, 7) is 2.90. The van der Waals surface area contributed by atoms with Crippen molar-refractivity contribution in [2.45, 2.75) is 26.3 Å². The van der Waals surface area contributed by atoms with Crippen molar-refractivity contribution in [3.63, 3.8) is 0 Å². The van der Waals surface area contributed by atoms with E-state index in [1.807, 2.05) is 6.07 Å². The van der Waals surface area contributed by atoms with E-state index in [9.17, 15) is 0 Å². The number of rotatable bonds is 3. The first-order chi connectivity index (χ1) is 5.79. The SMILES string of the molecule is CCCCn1ncc(C#N)c1N. The summed E-state index contributed by atoms with van der Waals surface area (Å²) in [5, 5.41) is 12.6. The third-order valence-electron chi connectivity index (χ3n) is 1.72. The Labute approximate surface area is 71.6 Å². The van der Waals surface area contributed by atoms with Gasteiger partial charge in [0.15, 0.2) is 0 Å². The van der Waals surface area contributed by atoms with E-state index in [0.29, 0.717) is 11.4 Å². The standard InChI is InChI=1S/C8H12N4/c1-2-3-4-12-8(10)7(5-9)6-11-12/h6H,2-4,10H2,1H3. The van der Waals surface area contributed by atoms with Crippen LogP contribution in [0.4, 0.5) is 5.82 Å². The van der Waals surface area contributed by atoms with Gasteiger partial charge in [-0.05, 0) is 6.42 Å². The number of nitrogens with zero attached hydrogens (tertiary/aromatic N) is 3. The molecule has 64 valence electrons. The highest BCUT2D eigenvalue weighted by Crippen LogP contribution is 2.09. The fraction of sp³-hybridized carbons (Fsp3) is 0.500. The molecule has 4 nitrogen and oxygen atoms in total. The molecule has 0 spiro atoms. The van der Waals surface area contributed by atoms with E-state index in [-0.39, 0.29) is 0 Å². The molecule has 0 saturated carbocycles. The summed E-state index contributed by atoms with van der Waals surface area (Å²) in [6, 6.07) is 1.98. The third-order valence-corrected chi connectivity index (χ3v) is 1.72. The molecule has 0 saturated heterocycles. The first-order valence-electron chi connectivity index (χ1n) is 4.01. The lowest BCUT2D eigenvalue weighted by Crippen LogP contribution is -2.04.